The van der Waals surface area contributed by atoms with Crippen LogP contribution in [0.25, 0.3) is 11.4 Å². The number of aromatic nitrogens is 2. The van der Waals surface area contributed by atoms with Crippen LogP contribution in [0.1, 0.15) is 37.8 Å². The van der Waals surface area contributed by atoms with Crippen molar-refractivity contribution in [1.29, 1.82) is 0 Å². The van der Waals surface area contributed by atoms with Gasteiger partial charge in [-0.05, 0) is 16.5 Å². The molecule has 1 heterocycles. The van der Waals surface area contributed by atoms with Gasteiger partial charge in [0.25, 0.3) is 0 Å². The molecule has 2 aromatic carbocycles. The van der Waals surface area contributed by atoms with E-state index in [-0.39, 0.29) is 23.6 Å². The summed E-state index contributed by atoms with van der Waals surface area (Å²) in [4.78, 5) is 4.28. The largest absolute Gasteiger partial charge is 0.338 e. The van der Waals surface area contributed by atoms with Gasteiger partial charge >= 0.3 is 0 Å². The van der Waals surface area contributed by atoms with Crippen LogP contribution in [-0.4, -0.2) is 18.6 Å². The van der Waals surface area contributed by atoms with Crippen molar-refractivity contribution in [3.05, 3.63) is 71.6 Å². The Bertz CT molecular complexity index is 989. The summed E-state index contributed by atoms with van der Waals surface area (Å²) < 4.78 is 32.0. The molecule has 7 heteroatoms. The zero-order valence-corrected chi connectivity index (χ0v) is 16.5. The standard InChI is InChI=1S/C20H23N3O3S/c1-20(2,3)17-11-9-16(10-12-17)19-22-18(26-23-19)13-21-27(24,25)14-15-7-5-4-6-8-15/h4-12,21H,13-14H2,1-3H3. The van der Waals surface area contributed by atoms with Gasteiger partial charge < -0.3 is 4.52 Å². The highest BCUT2D eigenvalue weighted by Gasteiger charge is 2.16. The van der Waals surface area contributed by atoms with Gasteiger partial charge in [0.05, 0.1) is 12.3 Å². The van der Waals surface area contributed by atoms with Crippen molar-refractivity contribution < 1.29 is 12.9 Å². The Morgan fingerprint density at radius 2 is 1.67 bits per heavy atom. The molecule has 0 radical (unpaired) electrons. The topological polar surface area (TPSA) is 85.1 Å². The Hall–Kier alpha value is -2.51. The number of nitrogens with one attached hydrogen (secondary N) is 1. The minimum Gasteiger partial charge on any atom is -0.338 e. The van der Waals surface area contributed by atoms with Gasteiger partial charge in [0, 0.05) is 5.56 Å². The second kappa shape index (κ2) is 7.62. The van der Waals surface area contributed by atoms with E-state index in [1.54, 1.807) is 24.3 Å². The molecule has 0 aliphatic rings. The Kier molecular flexibility index (Phi) is 5.43. The number of rotatable bonds is 6. The van der Waals surface area contributed by atoms with Crippen molar-refractivity contribution in [2.45, 2.75) is 38.5 Å². The molecule has 0 saturated carbocycles. The molecular weight excluding hydrogens is 362 g/mol. The van der Waals surface area contributed by atoms with Crippen molar-refractivity contribution in [2.75, 3.05) is 0 Å². The highest BCUT2D eigenvalue weighted by Crippen LogP contribution is 2.25. The summed E-state index contributed by atoms with van der Waals surface area (Å²) in [6.07, 6.45) is 0. The quantitative estimate of drug-likeness (QED) is 0.700. The fourth-order valence-corrected chi connectivity index (χ4v) is 3.66. The summed E-state index contributed by atoms with van der Waals surface area (Å²) in [5.74, 6) is 0.567. The highest BCUT2D eigenvalue weighted by atomic mass is 32.2. The van der Waals surface area contributed by atoms with Crippen LogP contribution in [0, 0.1) is 0 Å². The average Bonchev–Trinajstić information content (AvgIpc) is 3.09. The number of sulfonamides is 1. The summed E-state index contributed by atoms with van der Waals surface area (Å²) in [6.45, 7) is 6.41. The van der Waals surface area contributed by atoms with Gasteiger partial charge in [-0.15, -0.1) is 0 Å². The minimum atomic E-state index is -3.49. The van der Waals surface area contributed by atoms with Crippen LogP contribution in [0.2, 0.25) is 0 Å². The predicted molar refractivity (Wildman–Crippen MR) is 104 cm³/mol. The first-order valence-electron chi connectivity index (χ1n) is 8.68. The van der Waals surface area contributed by atoms with E-state index < -0.39 is 10.0 Å². The molecule has 3 aromatic rings. The maximum Gasteiger partial charge on any atom is 0.242 e. The van der Waals surface area contributed by atoms with E-state index in [9.17, 15) is 8.42 Å². The number of hydrogen-bond donors (Lipinski definition) is 1. The highest BCUT2D eigenvalue weighted by molar-refractivity contribution is 7.88. The fourth-order valence-electron chi connectivity index (χ4n) is 2.58. The van der Waals surface area contributed by atoms with Gasteiger partial charge in [0.15, 0.2) is 0 Å². The lowest BCUT2D eigenvalue weighted by molar-refractivity contribution is 0.376. The van der Waals surface area contributed by atoms with E-state index in [0.29, 0.717) is 5.82 Å². The van der Waals surface area contributed by atoms with E-state index in [1.165, 1.54) is 5.56 Å². The van der Waals surface area contributed by atoms with Gasteiger partial charge in [0.1, 0.15) is 0 Å². The van der Waals surface area contributed by atoms with Gasteiger partial charge in [-0.1, -0.05) is 80.5 Å². The third-order valence-electron chi connectivity index (χ3n) is 4.12. The van der Waals surface area contributed by atoms with E-state index in [4.69, 9.17) is 4.52 Å². The molecule has 1 N–H and O–H groups in total. The normalized spacial score (nSPS) is 12.3. The number of hydrogen-bond acceptors (Lipinski definition) is 5. The summed E-state index contributed by atoms with van der Waals surface area (Å²) in [5, 5.41) is 3.94. The third kappa shape index (κ3) is 5.24. The van der Waals surface area contributed by atoms with E-state index in [2.05, 4.69) is 35.6 Å². The molecule has 0 amide bonds. The predicted octanol–water partition coefficient (Wildman–Crippen LogP) is 3.65. The van der Waals surface area contributed by atoms with Crippen molar-refractivity contribution >= 4 is 10.0 Å². The average molecular weight is 385 g/mol. The molecule has 0 atom stereocenters. The Morgan fingerprint density at radius 3 is 2.30 bits per heavy atom. The molecular formula is C20H23N3O3S. The molecule has 0 spiro atoms. The molecule has 27 heavy (non-hydrogen) atoms. The van der Waals surface area contributed by atoms with Crippen molar-refractivity contribution in [3.63, 3.8) is 0 Å². The maximum absolute atomic E-state index is 12.2. The zero-order valence-electron chi connectivity index (χ0n) is 15.6. The molecule has 6 nitrogen and oxygen atoms in total. The number of nitrogens with zero attached hydrogens (tertiary/aromatic N) is 2. The van der Waals surface area contributed by atoms with Gasteiger partial charge in [-0.25, -0.2) is 13.1 Å². The van der Waals surface area contributed by atoms with Crippen LogP contribution < -0.4 is 4.72 Å². The van der Waals surface area contributed by atoms with Crippen LogP contribution in [-0.2, 0) is 27.7 Å². The molecule has 0 unspecified atom stereocenters. The zero-order chi connectivity index (χ0) is 19.5. The third-order valence-corrected chi connectivity index (χ3v) is 5.42. The first-order valence-corrected chi connectivity index (χ1v) is 10.3. The Morgan fingerprint density at radius 1 is 1.00 bits per heavy atom. The van der Waals surface area contributed by atoms with Crippen molar-refractivity contribution in [2.24, 2.45) is 0 Å². The Balaban J connectivity index is 1.64. The molecule has 142 valence electrons. The lowest BCUT2D eigenvalue weighted by Gasteiger charge is -2.18. The van der Waals surface area contributed by atoms with Gasteiger partial charge in [0.2, 0.25) is 21.7 Å². The van der Waals surface area contributed by atoms with Crippen LogP contribution in [0.4, 0.5) is 0 Å². The van der Waals surface area contributed by atoms with Gasteiger partial charge in [-0.2, -0.15) is 4.98 Å². The summed E-state index contributed by atoms with van der Waals surface area (Å²) in [6, 6.07) is 16.9. The van der Waals surface area contributed by atoms with Crippen molar-refractivity contribution in [1.82, 2.24) is 14.9 Å². The van der Waals surface area contributed by atoms with Crippen LogP contribution in [0.3, 0.4) is 0 Å². The van der Waals surface area contributed by atoms with E-state index in [0.717, 1.165) is 11.1 Å². The van der Waals surface area contributed by atoms with E-state index >= 15 is 0 Å². The smallest absolute Gasteiger partial charge is 0.242 e. The SMILES string of the molecule is CC(C)(C)c1ccc(-c2noc(CNS(=O)(=O)Cc3ccccc3)n2)cc1. The van der Waals surface area contributed by atoms with E-state index in [1.807, 2.05) is 30.3 Å². The summed E-state index contributed by atoms with van der Waals surface area (Å²) in [7, 11) is -3.49. The molecule has 3 rings (SSSR count). The lowest BCUT2D eigenvalue weighted by Crippen LogP contribution is -2.24. The molecule has 0 fully saturated rings. The Labute approximate surface area is 159 Å². The molecule has 0 aliphatic heterocycles. The number of benzene rings is 2. The van der Waals surface area contributed by atoms with Crippen LogP contribution >= 0.6 is 0 Å². The molecule has 0 bridgehead atoms. The second-order valence-electron chi connectivity index (χ2n) is 7.40. The molecule has 0 aliphatic carbocycles. The summed E-state index contributed by atoms with van der Waals surface area (Å²) >= 11 is 0. The van der Waals surface area contributed by atoms with Gasteiger partial charge in [-0.3, -0.25) is 0 Å². The first kappa shape index (κ1) is 19.3. The minimum absolute atomic E-state index is 0.0394. The van der Waals surface area contributed by atoms with Crippen molar-refractivity contribution in [3.8, 4) is 11.4 Å². The molecule has 1 aromatic heterocycles. The first-order chi connectivity index (χ1) is 12.7. The van der Waals surface area contributed by atoms with Crippen LogP contribution in [0.5, 0.6) is 0 Å². The van der Waals surface area contributed by atoms with Crippen LogP contribution in [0.15, 0.2) is 59.1 Å². The lowest BCUT2D eigenvalue weighted by atomic mass is 9.87. The molecule has 0 saturated heterocycles. The second-order valence-corrected chi connectivity index (χ2v) is 9.21. The fraction of sp³-hybridized carbons (Fsp3) is 0.300. The monoisotopic (exact) mass is 385 g/mol. The maximum atomic E-state index is 12.2. The summed E-state index contributed by atoms with van der Waals surface area (Å²) in [5.41, 5.74) is 2.82.